The predicted octanol–water partition coefficient (Wildman–Crippen LogP) is 3.20. The minimum absolute atomic E-state index is 0.128. The Balaban J connectivity index is 1.89. The number of rotatable bonds is 2. The van der Waals surface area contributed by atoms with Gasteiger partial charge in [0.15, 0.2) is 0 Å². The van der Waals surface area contributed by atoms with E-state index in [2.05, 4.69) is 44.0 Å². The van der Waals surface area contributed by atoms with Crippen molar-refractivity contribution in [2.24, 2.45) is 11.3 Å². The summed E-state index contributed by atoms with van der Waals surface area (Å²) in [6, 6.07) is 7.49. The lowest BCUT2D eigenvalue weighted by atomic mass is 9.42. The summed E-state index contributed by atoms with van der Waals surface area (Å²) in [4.78, 5) is 14.7. The number of likely N-dealkylation sites (N-methyl/N-ethyl adjacent to an activating group) is 1. The van der Waals surface area contributed by atoms with Crippen LogP contribution in [0.15, 0.2) is 18.2 Å². The number of ether oxygens (including phenoxy) is 1. The van der Waals surface area contributed by atoms with Crippen molar-refractivity contribution in [3.05, 3.63) is 29.3 Å². The SMILES string of the molecule is COc1ccc2c(c1)C1(C)CC3C(C(C)=O)CC1(C)C(C2)N3C. The minimum atomic E-state index is 0.128. The molecular weight excluding hydrogens is 286 g/mol. The summed E-state index contributed by atoms with van der Waals surface area (Å²) in [5.74, 6) is 1.51. The smallest absolute Gasteiger partial charge is 0.134 e. The number of carbonyl (C=O) groups excluding carboxylic acids is 1. The molecule has 3 heteroatoms. The molecule has 4 bridgehead atoms. The third-order valence-corrected chi connectivity index (χ3v) is 7.58. The van der Waals surface area contributed by atoms with Crippen LogP contribution in [-0.4, -0.2) is 36.9 Å². The van der Waals surface area contributed by atoms with Gasteiger partial charge in [-0.1, -0.05) is 19.9 Å². The van der Waals surface area contributed by atoms with E-state index in [4.69, 9.17) is 4.74 Å². The van der Waals surface area contributed by atoms with Gasteiger partial charge in [0, 0.05) is 23.4 Å². The lowest BCUT2D eigenvalue weighted by Crippen LogP contribution is -2.73. The van der Waals surface area contributed by atoms with E-state index < -0.39 is 0 Å². The zero-order valence-corrected chi connectivity index (χ0v) is 14.8. The van der Waals surface area contributed by atoms with Gasteiger partial charge in [0.25, 0.3) is 0 Å². The number of Topliss-reactive ketones (excluding diaryl/α,β-unsaturated/α-hetero) is 1. The van der Waals surface area contributed by atoms with Crippen LogP contribution in [0.25, 0.3) is 0 Å². The fraction of sp³-hybridized carbons (Fsp3) is 0.650. The molecule has 124 valence electrons. The molecule has 2 aliphatic heterocycles. The standard InChI is InChI=1S/C20H27NO2/c1-12(22)15-10-20(3)18-8-13-6-7-14(23-5)9-16(13)19(20,2)11-17(15)21(18)4/h6-7,9,15,17-18H,8,10-11H2,1-5H3. The monoisotopic (exact) mass is 313 g/mol. The van der Waals surface area contributed by atoms with E-state index in [1.807, 2.05) is 0 Å². The molecule has 4 aliphatic rings. The average molecular weight is 313 g/mol. The summed E-state index contributed by atoms with van der Waals surface area (Å²) >= 11 is 0. The maximum atomic E-state index is 12.2. The lowest BCUT2D eigenvalue weighted by molar-refractivity contribution is -0.161. The Morgan fingerprint density at radius 2 is 2.04 bits per heavy atom. The van der Waals surface area contributed by atoms with E-state index in [-0.39, 0.29) is 16.7 Å². The predicted molar refractivity (Wildman–Crippen MR) is 90.9 cm³/mol. The number of benzene rings is 1. The Morgan fingerprint density at radius 1 is 1.30 bits per heavy atom. The summed E-state index contributed by atoms with van der Waals surface area (Å²) in [7, 11) is 3.97. The second kappa shape index (κ2) is 4.60. The number of piperidine rings is 2. The number of hydrogen-bond donors (Lipinski definition) is 0. The van der Waals surface area contributed by atoms with Gasteiger partial charge in [-0.3, -0.25) is 9.69 Å². The van der Waals surface area contributed by atoms with Gasteiger partial charge in [0.05, 0.1) is 7.11 Å². The Kier molecular flexibility index (Phi) is 3.04. The highest BCUT2D eigenvalue weighted by molar-refractivity contribution is 5.80. The van der Waals surface area contributed by atoms with E-state index in [0.29, 0.717) is 17.9 Å². The highest BCUT2D eigenvalue weighted by Gasteiger charge is 2.65. The van der Waals surface area contributed by atoms with Crippen LogP contribution in [-0.2, 0) is 16.6 Å². The van der Waals surface area contributed by atoms with Crippen LogP contribution < -0.4 is 4.74 Å². The van der Waals surface area contributed by atoms with Crippen molar-refractivity contribution in [3.8, 4) is 5.75 Å². The van der Waals surface area contributed by atoms with E-state index in [9.17, 15) is 4.79 Å². The molecule has 0 N–H and O–H groups in total. The van der Waals surface area contributed by atoms with Gasteiger partial charge in [0.1, 0.15) is 11.5 Å². The molecule has 0 spiro atoms. The van der Waals surface area contributed by atoms with Crippen LogP contribution in [0.1, 0.15) is 44.7 Å². The molecule has 5 rings (SSSR count). The largest absolute Gasteiger partial charge is 0.497 e. The van der Waals surface area contributed by atoms with Crippen LogP contribution in [0.3, 0.4) is 0 Å². The van der Waals surface area contributed by atoms with Gasteiger partial charge in [-0.25, -0.2) is 0 Å². The van der Waals surface area contributed by atoms with Gasteiger partial charge in [-0.15, -0.1) is 0 Å². The topological polar surface area (TPSA) is 29.5 Å². The Bertz CT molecular complexity index is 684. The van der Waals surface area contributed by atoms with Crippen LogP contribution in [0.2, 0.25) is 0 Å². The molecule has 1 aromatic rings. The van der Waals surface area contributed by atoms with Crippen LogP contribution in [0.5, 0.6) is 5.75 Å². The first-order valence-electron chi connectivity index (χ1n) is 8.71. The van der Waals surface area contributed by atoms with Gasteiger partial charge >= 0.3 is 0 Å². The normalized spacial score (nSPS) is 41.5. The molecule has 2 heterocycles. The lowest BCUT2D eigenvalue weighted by Gasteiger charge is -2.69. The number of nitrogens with zero attached hydrogens (tertiary/aromatic N) is 1. The van der Waals surface area contributed by atoms with Gasteiger partial charge in [0.2, 0.25) is 0 Å². The van der Waals surface area contributed by atoms with Gasteiger partial charge in [-0.05, 0) is 61.9 Å². The van der Waals surface area contributed by atoms with E-state index in [1.54, 1.807) is 14.0 Å². The number of carbonyl (C=O) groups is 1. The zero-order valence-electron chi connectivity index (χ0n) is 14.8. The molecule has 5 unspecified atom stereocenters. The Morgan fingerprint density at radius 3 is 2.70 bits per heavy atom. The second-order valence-corrected chi connectivity index (χ2v) is 8.35. The molecule has 1 saturated carbocycles. The summed E-state index contributed by atoms with van der Waals surface area (Å²) in [6.07, 6.45) is 3.18. The van der Waals surface area contributed by atoms with E-state index in [1.165, 1.54) is 11.1 Å². The molecular formula is C20H27NO2. The second-order valence-electron chi connectivity index (χ2n) is 8.35. The number of fused-ring (bicyclic) bond motifs is 2. The molecule has 5 atom stereocenters. The molecule has 0 amide bonds. The molecule has 3 fully saturated rings. The van der Waals surface area contributed by atoms with E-state index >= 15 is 0 Å². The molecule has 0 radical (unpaired) electrons. The van der Waals surface area contributed by atoms with Crippen molar-refractivity contribution in [1.82, 2.24) is 4.90 Å². The molecule has 23 heavy (non-hydrogen) atoms. The van der Waals surface area contributed by atoms with Crippen molar-refractivity contribution < 1.29 is 9.53 Å². The highest BCUT2D eigenvalue weighted by atomic mass is 16.5. The highest BCUT2D eigenvalue weighted by Crippen LogP contribution is 2.64. The van der Waals surface area contributed by atoms with Crippen molar-refractivity contribution in [3.63, 3.8) is 0 Å². The van der Waals surface area contributed by atoms with Gasteiger partial charge in [-0.2, -0.15) is 0 Å². The van der Waals surface area contributed by atoms with Crippen molar-refractivity contribution >= 4 is 5.78 Å². The third kappa shape index (κ3) is 1.72. The first kappa shape index (κ1) is 15.2. The summed E-state index contributed by atoms with van der Waals surface area (Å²) in [6.45, 7) is 6.62. The molecule has 1 aromatic carbocycles. The fourth-order valence-corrected chi connectivity index (χ4v) is 6.01. The van der Waals surface area contributed by atoms with Crippen molar-refractivity contribution in [1.29, 1.82) is 0 Å². The maximum absolute atomic E-state index is 12.2. The molecule has 2 aliphatic carbocycles. The molecule has 0 aromatic heterocycles. The average Bonchev–Trinajstić information content (AvgIpc) is 2.51. The number of methoxy groups -OCH3 is 1. The van der Waals surface area contributed by atoms with Crippen LogP contribution in [0, 0.1) is 11.3 Å². The number of hydrogen-bond acceptors (Lipinski definition) is 3. The first-order chi connectivity index (χ1) is 10.8. The zero-order chi connectivity index (χ0) is 16.6. The Hall–Kier alpha value is -1.35. The van der Waals surface area contributed by atoms with Gasteiger partial charge < -0.3 is 4.74 Å². The van der Waals surface area contributed by atoms with Crippen molar-refractivity contribution in [2.75, 3.05) is 14.2 Å². The summed E-state index contributed by atoms with van der Waals surface area (Å²) < 4.78 is 5.49. The van der Waals surface area contributed by atoms with E-state index in [0.717, 1.165) is 25.0 Å². The van der Waals surface area contributed by atoms with Crippen molar-refractivity contribution in [2.45, 2.75) is 57.5 Å². The minimum Gasteiger partial charge on any atom is -0.497 e. The maximum Gasteiger partial charge on any atom is 0.134 e. The van der Waals surface area contributed by atoms with Crippen LogP contribution >= 0.6 is 0 Å². The quantitative estimate of drug-likeness (QED) is 0.840. The first-order valence-corrected chi connectivity index (χ1v) is 8.71. The number of ketones is 1. The molecule has 3 nitrogen and oxygen atoms in total. The summed E-state index contributed by atoms with van der Waals surface area (Å²) in [5.41, 5.74) is 3.19. The third-order valence-electron chi connectivity index (χ3n) is 7.58. The fourth-order valence-electron chi connectivity index (χ4n) is 6.01. The van der Waals surface area contributed by atoms with Crippen LogP contribution in [0.4, 0.5) is 0 Å². The molecule has 2 saturated heterocycles. The Labute approximate surface area is 139 Å². The summed E-state index contributed by atoms with van der Waals surface area (Å²) in [5, 5.41) is 0.